The number of hydrogen-bond acceptors (Lipinski definition) is 2. The molecule has 3 heteroatoms. The summed E-state index contributed by atoms with van der Waals surface area (Å²) >= 11 is 0. The van der Waals surface area contributed by atoms with Crippen molar-refractivity contribution >= 4 is 5.91 Å². The zero-order chi connectivity index (χ0) is 13.5. The Hall–Kier alpha value is -1.35. The van der Waals surface area contributed by atoms with Crippen LogP contribution in [0.2, 0.25) is 0 Å². The number of nitrogens with one attached hydrogen (secondary N) is 1. The van der Waals surface area contributed by atoms with Crippen molar-refractivity contribution in [1.82, 2.24) is 5.32 Å². The third-order valence-electron chi connectivity index (χ3n) is 4.78. The Bertz CT molecular complexity index is 503. The van der Waals surface area contributed by atoms with Crippen molar-refractivity contribution < 1.29 is 9.90 Å². The molecule has 3 nitrogen and oxygen atoms in total. The van der Waals surface area contributed by atoms with Gasteiger partial charge in [0.25, 0.3) is 5.91 Å². The van der Waals surface area contributed by atoms with Gasteiger partial charge in [-0.3, -0.25) is 4.79 Å². The van der Waals surface area contributed by atoms with E-state index in [1.807, 2.05) is 18.2 Å². The van der Waals surface area contributed by atoms with Gasteiger partial charge < -0.3 is 10.4 Å². The smallest absolute Gasteiger partial charge is 0.251 e. The fourth-order valence-electron chi connectivity index (χ4n) is 3.46. The maximum absolute atomic E-state index is 11.9. The van der Waals surface area contributed by atoms with Crippen LogP contribution in [0, 0.1) is 5.41 Å². The highest BCUT2D eigenvalue weighted by Gasteiger charge is 2.37. The lowest BCUT2D eigenvalue weighted by Gasteiger charge is -2.31. The number of hydrogen-bond donors (Lipinski definition) is 2. The summed E-state index contributed by atoms with van der Waals surface area (Å²) in [6, 6.07) is 5.88. The van der Waals surface area contributed by atoms with Crippen LogP contribution in [-0.4, -0.2) is 17.6 Å². The summed E-state index contributed by atoms with van der Waals surface area (Å²) < 4.78 is 0. The molecule has 1 unspecified atom stereocenters. The summed E-state index contributed by atoms with van der Waals surface area (Å²) in [5.41, 5.74) is 2.69. The molecule has 1 atom stereocenters. The van der Waals surface area contributed by atoms with Gasteiger partial charge in [0, 0.05) is 12.1 Å². The van der Waals surface area contributed by atoms with Gasteiger partial charge in [0.1, 0.15) is 0 Å². The predicted octanol–water partition coefficient (Wildman–Crippen LogP) is 2.59. The van der Waals surface area contributed by atoms with E-state index < -0.39 is 6.10 Å². The van der Waals surface area contributed by atoms with E-state index in [9.17, 15) is 9.90 Å². The normalized spacial score (nSPS) is 22.7. The molecule has 0 spiro atoms. The molecular weight excluding hydrogens is 238 g/mol. The number of aliphatic hydroxyl groups is 1. The van der Waals surface area contributed by atoms with Crippen molar-refractivity contribution in [2.45, 2.75) is 45.1 Å². The summed E-state index contributed by atoms with van der Waals surface area (Å²) in [6.45, 7) is 2.87. The zero-order valence-electron chi connectivity index (χ0n) is 11.4. The first-order valence-corrected chi connectivity index (χ1v) is 7.19. The largest absolute Gasteiger partial charge is 0.388 e. The molecule has 1 amide bonds. The lowest BCUT2D eigenvalue weighted by molar-refractivity contribution is 0.0407. The molecule has 1 aromatic rings. The first kappa shape index (κ1) is 12.7. The Morgan fingerprint density at radius 1 is 1.32 bits per heavy atom. The number of rotatable bonds is 2. The fraction of sp³-hybridized carbons (Fsp3) is 0.562. The summed E-state index contributed by atoms with van der Waals surface area (Å²) in [5.74, 6) is -0.00752. The van der Waals surface area contributed by atoms with Crippen LogP contribution < -0.4 is 5.32 Å². The molecule has 102 valence electrons. The van der Waals surface area contributed by atoms with Crippen LogP contribution >= 0.6 is 0 Å². The Morgan fingerprint density at radius 3 is 2.79 bits per heavy atom. The second-order valence-electron chi connectivity index (χ2n) is 6.19. The van der Waals surface area contributed by atoms with E-state index in [-0.39, 0.29) is 11.3 Å². The molecule has 19 heavy (non-hydrogen) atoms. The molecule has 2 aliphatic rings. The van der Waals surface area contributed by atoms with E-state index in [0.717, 1.165) is 36.0 Å². The molecule has 1 saturated carbocycles. The summed E-state index contributed by atoms with van der Waals surface area (Å²) in [6.07, 6.45) is 4.94. The molecule has 3 rings (SSSR count). The van der Waals surface area contributed by atoms with Crippen molar-refractivity contribution in [1.29, 1.82) is 0 Å². The second kappa shape index (κ2) is 4.64. The van der Waals surface area contributed by atoms with Crippen LogP contribution in [0.15, 0.2) is 18.2 Å². The maximum Gasteiger partial charge on any atom is 0.251 e. The van der Waals surface area contributed by atoms with Crippen molar-refractivity contribution in [2.75, 3.05) is 6.54 Å². The average molecular weight is 259 g/mol. The first-order valence-electron chi connectivity index (χ1n) is 7.19. The molecule has 0 radical (unpaired) electrons. The molecule has 1 fully saturated rings. The summed E-state index contributed by atoms with van der Waals surface area (Å²) in [5, 5.41) is 13.5. The van der Waals surface area contributed by atoms with E-state index in [2.05, 4.69) is 12.2 Å². The minimum absolute atomic E-state index is 0.00752. The van der Waals surface area contributed by atoms with E-state index in [1.165, 1.54) is 12.8 Å². The molecule has 1 aliphatic heterocycles. The highest BCUT2D eigenvalue weighted by Crippen LogP contribution is 2.47. The van der Waals surface area contributed by atoms with Gasteiger partial charge in [-0.15, -0.1) is 0 Å². The quantitative estimate of drug-likeness (QED) is 0.857. The van der Waals surface area contributed by atoms with Crippen LogP contribution in [0.1, 0.15) is 60.2 Å². The number of aliphatic hydroxyl groups excluding tert-OH is 1. The third-order valence-corrected chi connectivity index (χ3v) is 4.78. The zero-order valence-corrected chi connectivity index (χ0v) is 11.4. The van der Waals surface area contributed by atoms with Crippen molar-refractivity contribution in [3.63, 3.8) is 0 Å². The Labute approximate surface area is 114 Å². The maximum atomic E-state index is 11.9. The third kappa shape index (κ3) is 2.16. The molecule has 0 saturated heterocycles. The summed E-state index contributed by atoms with van der Waals surface area (Å²) in [7, 11) is 0. The molecule has 2 N–H and O–H groups in total. The van der Waals surface area contributed by atoms with Crippen LogP contribution in [0.3, 0.4) is 0 Å². The van der Waals surface area contributed by atoms with Crippen molar-refractivity contribution in [2.24, 2.45) is 5.41 Å². The van der Waals surface area contributed by atoms with Crippen molar-refractivity contribution in [3.8, 4) is 0 Å². The van der Waals surface area contributed by atoms with Crippen LogP contribution in [0.4, 0.5) is 0 Å². The monoisotopic (exact) mass is 259 g/mol. The van der Waals surface area contributed by atoms with Gasteiger partial charge in [-0.05, 0) is 41.9 Å². The Kier molecular flexibility index (Phi) is 3.09. The first-order chi connectivity index (χ1) is 9.10. The Morgan fingerprint density at radius 2 is 2.05 bits per heavy atom. The van der Waals surface area contributed by atoms with Crippen LogP contribution in [-0.2, 0) is 6.42 Å². The minimum atomic E-state index is -0.463. The number of amides is 1. The van der Waals surface area contributed by atoms with Gasteiger partial charge in [-0.25, -0.2) is 0 Å². The van der Waals surface area contributed by atoms with Gasteiger partial charge in [0.2, 0.25) is 0 Å². The topological polar surface area (TPSA) is 49.3 Å². The lowest BCUT2D eigenvalue weighted by Crippen LogP contribution is -2.32. The molecular formula is C16H21NO2. The lowest BCUT2D eigenvalue weighted by atomic mass is 9.78. The van der Waals surface area contributed by atoms with Crippen LogP contribution in [0.25, 0.3) is 0 Å². The summed E-state index contributed by atoms with van der Waals surface area (Å²) in [4.78, 5) is 11.9. The minimum Gasteiger partial charge on any atom is -0.388 e. The molecule has 1 heterocycles. The van der Waals surface area contributed by atoms with Gasteiger partial charge in [-0.1, -0.05) is 31.9 Å². The van der Waals surface area contributed by atoms with Crippen molar-refractivity contribution in [3.05, 3.63) is 34.9 Å². The number of carbonyl (C=O) groups is 1. The molecule has 0 aromatic heterocycles. The highest BCUT2D eigenvalue weighted by molar-refractivity contribution is 5.96. The van der Waals surface area contributed by atoms with Gasteiger partial charge >= 0.3 is 0 Å². The van der Waals surface area contributed by atoms with E-state index in [4.69, 9.17) is 0 Å². The van der Waals surface area contributed by atoms with E-state index in [1.54, 1.807) is 0 Å². The van der Waals surface area contributed by atoms with Crippen LogP contribution in [0.5, 0.6) is 0 Å². The SMILES string of the molecule is CC1(C(O)c2ccc3c(c2)C(=O)NCC3)CCCC1. The molecule has 0 bridgehead atoms. The van der Waals surface area contributed by atoms with Gasteiger partial charge in [0.05, 0.1) is 6.10 Å². The Balaban J connectivity index is 1.93. The average Bonchev–Trinajstić information content (AvgIpc) is 2.86. The van der Waals surface area contributed by atoms with E-state index in [0.29, 0.717) is 6.54 Å². The van der Waals surface area contributed by atoms with E-state index >= 15 is 0 Å². The fourth-order valence-corrected chi connectivity index (χ4v) is 3.46. The second-order valence-corrected chi connectivity index (χ2v) is 6.19. The standard InChI is InChI=1S/C16H21NO2/c1-16(7-2-3-8-16)14(18)12-5-4-11-6-9-17-15(19)13(11)10-12/h4-5,10,14,18H,2-3,6-9H2,1H3,(H,17,19). The number of fused-ring (bicyclic) bond motifs is 1. The predicted molar refractivity (Wildman–Crippen MR) is 74.0 cm³/mol. The van der Waals surface area contributed by atoms with Gasteiger partial charge in [0.15, 0.2) is 0 Å². The molecule has 1 aromatic carbocycles. The number of carbonyl (C=O) groups excluding carboxylic acids is 1. The highest BCUT2D eigenvalue weighted by atomic mass is 16.3. The van der Waals surface area contributed by atoms with Gasteiger partial charge in [-0.2, -0.15) is 0 Å². The number of benzene rings is 1. The molecule has 1 aliphatic carbocycles.